The molecule has 3 heteroatoms. The van der Waals surface area contributed by atoms with Gasteiger partial charge < -0.3 is 9.84 Å². The van der Waals surface area contributed by atoms with Crippen LogP contribution in [-0.4, -0.2) is 24.8 Å². The van der Waals surface area contributed by atoms with E-state index in [-0.39, 0.29) is 16.2 Å². The molecule has 0 spiro atoms. The molecule has 0 saturated heterocycles. The van der Waals surface area contributed by atoms with Crippen LogP contribution in [-0.2, 0) is 25.8 Å². The average molecular weight is 397 g/mol. The fourth-order valence-electron chi connectivity index (χ4n) is 5.26. The molecular weight excluding hydrogens is 360 g/mol. The second-order valence-electron chi connectivity index (χ2n) is 10.5. The fraction of sp³-hybridized carbons (Fsp3) is 0.577. The lowest BCUT2D eigenvalue weighted by Gasteiger charge is -2.42. The highest BCUT2D eigenvalue weighted by molar-refractivity contribution is 5.81. The van der Waals surface area contributed by atoms with Crippen molar-refractivity contribution in [2.24, 2.45) is 11.8 Å². The van der Waals surface area contributed by atoms with Crippen molar-refractivity contribution >= 4 is 5.97 Å². The lowest BCUT2D eigenvalue weighted by Crippen LogP contribution is -2.34. The predicted octanol–water partition coefficient (Wildman–Crippen LogP) is 5.77. The molecule has 0 unspecified atom stereocenters. The van der Waals surface area contributed by atoms with Gasteiger partial charge in [-0.15, -0.1) is 0 Å². The first-order valence-electron chi connectivity index (χ1n) is 10.7. The number of aliphatic carboxylic acids is 1. The van der Waals surface area contributed by atoms with E-state index in [1.807, 2.05) is 13.0 Å². The van der Waals surface area contributed by atoms with Gasteiger partial charge >= 0.3 is 5.97 Å². The van der Waals surface area contributed by atoms with Crippen molar-refractivity contribution in [3.8, 4) is 0 Å². The molecule has 1 aromatic rings. The summed E-state index contributed by atoms with van der Waals surface area (Å²) in [6.07, 6.45) is 7.80. The van der Waals surface area contributed by atoms with Crippen LogP contribution in [0.1, 0.15) is 71.1 Å². The maximum absolute atomic E-state index is 10.9. The maximum atomic E-state index is 10.9. The number of fused-ring (bicyclic) bond motifs is 1. The molecule has 0 heterocycles. The average Bonchev–Trinajstić information content (AvgIpc) is 3.21. The molecule has 0 radical (unpaired) electrons. The minimum Gasteiger partial charge on any atom is -0.478 e. The van der Waals surface area contributed by atoms with Gasteiger partial charge in [0, 0.05) is 18.6 Å². The Labute approximate surface area is 175 Å². The molecule has 1 aromatic carbocycles. The first-order chi connectivity index (χ1) is 13.4. The molecule has 2 aliphatic carbocycles. The molecule has 3 atom stereocenters. The number of rotatable bonds is 6. The molecular formula is C26H36O3. The van der Waals surface area contributed by atoms with Crippen molar-refractivity contribution in [1.29, 1.82) is 0 Å². The van der Waals surface area contributed by atoms with E-state index in [2.05, 4.69) is 58.9 Å². The number of methoxy groups -OCH3 is 1. The largest absolute Gasteiger partial charge is 0.478 e. The summed E-state index contributed by atoms with van der Waals surface area (Å²) in [5, 5.41) is 8.96. The lowest BCUT2D eigenvalue weighted by atomic mass is 9.62. The van der Waals surface area contributed by atoms with E-state index >= 15 is 0 Å². The van der Waals surface area contributed by atoms with E-state index < -0.39 is 5.97 Å². The number of carboxylic acids is 1. The minimum absolute atomic E-state index is 0.0166. The Balaban J connectivity index is 1.98. The molecule has 1 fully saturated rings. The van der Waals surface area contributed by atoms with Gasteiger partial charge in [-0.1, -0.05) is 65.0 Å². The Bertz CT molecular complexity index is 859. The summed E-state index contributed by atoms with van der Waals surface area (Å²) in [7, 11) is 1.76. The van der Waals surface area contributed by atoms with Crippen LogP contribution in [0.4, 0.5) is 0 Å². The number of carboxylic acid groups (broad SMARTS) is 1. The smallest absolute Gasteiger partial charge is 0.328 e. The van der Waals surface area contributed by atoms with Crippen LogP contribution in [0.2, 0.25) is 0 Å². The highest BCUT2D eigenvalue weighted by atomic mass is 16.5. The van der Waals surface area contributed by atoms with E-state index in [9.17, 15) is 4.79 Å². The normalized spacial score (nSPS) is 30.2. The summed E-state index contributed by atoms with van der Waals surface area (Å²) in [5.74, 6) is -0.157. The zero-order valence-corrected chi connectivity index (χ0v) is 19.0. The van der Waals surface area contributed by atoms with Gasteiger partial charge in [0.05, 0.1) is 6.61 Å². The molecule has 0 aromatic heterocycles. The summed E-state index contributed by atoms with van der Waals surface area (Å²) in [6.45, 7) is 14.3. The van der Waals surface area contributed by atoms with E-state index in [0.717, 1.165) is 5.57 Å². The Morgan fingerprint density at radius 1 is 1.14 bits per heavy atom. The third-order valence-corrected chi connectivity index (χ3v) is 7.53. The van der Waals surface area contributed by atoms with Crippen molar-refractivity contribution in [3.63, 3.8) is 0 Å². The zero-order valence-electron chi connectivity index (χ0n) is 19.0. The van der Waals surface area contributed by atoms with Crippen molar-refractivity contribution in [1.82, 2.24) is 0 Å². The Kier molecular flexibility index (Phi) is 5.59. The summed E-state index contributed by atoms with van der Waals surface area (Å²) < 4.78 is 5.53. The van der Waals surface area contributed by atoms with Crippen LogP contribution < -0.4 is 0 Å². The molecule has 29 heavy (non-hydrogen) atoms. The molecule has 3 rings (SSSR count). The summed E-state index contributed by atoms with van der Waals surface area (Å²) in [5.41, 5.74) is 5.53. The van der Waals surface area contributed by atoms with Crippen LogP contribution >= 0.6 is 0 Å². The van der Waals surface area contributed by atoms with E-state index in [0.29, 0.717) is 18.4 Å². The minimum atomic E-state index is -0.904. The van der Waals surface area contributed by atoms with E-state index in [1.165, 1.54) is 35.6 Å². The van der Waals surface area contributed by atoms with Gasteiger partial charge in [0.15, 0.2) is 0 Å². The number of allylic oxidation sites excluding steroid dienone is 3. The Morgan fingerprint density at radius 3 is 2.34 bits per heavy atom. The number of hydrogen-bond donors (Lipinski definition) is 1. The third kappa shape index (κ3) is 3.94. The second-order valence-corrected chi connectivity index (χ2v) is 10.5. The first-order valence-corrected chi connectivity index (χ1v) is 10.7. The Hall–Kier alpha value is -1.87. The van der Waals surface area contributed by atoms with Gasteiger partial charge in [-0.05, 0) is 64.7 Å². The van der Waals surface area contributed by atoms with Gasteiger partial charge in [0.25, 0.3) is 0 Å². The summed E-state index contributed by atoms with van der Waals surface area (Å²) in [6, 6.07) is 7.13. The van der Waals surface area contributed by atoms with Crippen LogP contribution in [0.25, 0.3) is 0 Å². The van der Waals surface area contributed by atoms with Crippen LogP contribution in [0.3, 0.4) is 0 Å². The molecule has 158 valence electrons. The molecule has 0 bridgehead atoms. The standard InChI is InChI=1S/C26H36O3/c1-17(14-23(27)28)8-10-20-22(16-29-7)26(20,6)18-9-11-19-21(15-18)25(4,5)13-12-24(19,2)3/h8-11,14-15,20,22H,12-13,16H2,1-7H3,(H,27,28)/t20-,22+,26+/m1/s1. The van der Waals surface area contributed by atoms with Crippen LogP contribution in [0.5, 0.6) is 0 Å². The van der Waals surface area contributed by atoms with Crippen molar-refractivity contribution in [2.75, 3.05) is 13.7 Å². The first kappa shape index (κ1) is 21.8. The van der Waals surface area contributed by atoms with E-state index in [4.69, 9.17) is 9.84 Å². The van der Waals surface area contributed by atoms with Gasteiger partial charge in [-0.3, -0.25) is 0 Å². The lowest BCUT2D eigenvalue weighted by molar-refractivity contribution is -0.131. The number of carbonyl (C=O) groups is 1. The zero-order chi connectivity index (χ0) is 21.6. The molecule has 2 aliphatic rings. The molecule has 1 N–H and O–H groups in total. The second kappa shape index (κ2) is 7.43. The molecule has 0 amide bonds. The number of ether oxygens (including phenoxy) is 1. The number of benzene rings is 1. The van der Waals surface area contributed by atoms with Crippen LogP contribution in [0, 0.1) is 11.8 Å². The van der Waals surface area contributed by atoms with Gasteiger partial charge in [-0.25, -0.2) is 4.79 Å². The van der Waals surface area contributed by atoms with Gasteiger partial charge in [-0.2, -0.15) is 0 Å². The molecule has 0 aliphatic heterocycles. The van der Waals surface area contributed by atoms with Crippen molar-refractivity contribution in [3.05, 3.63) is 58.7 Å². The monoisotopic (exact) mass is 396 g/mol. The van der Waals surface area contributed by atoms with E-state index in [1.54, 1.807) is 7.11 Å². The van der Waals surface area contributed by atoms with Crippen molar-refractivity contribution in [2.45, 2.75) is 70.6 Å². The van der Waals surface area contributed by atoms with Gasteiger partial charge in [0.2, 0.25) is 0 Å². The van der Waals surface area contributed by atoms with Crippen LogP contribution in [0.15, 0.2) is 42.0 Å². The highest BCUT2D eigenvalue weighted by Gasteiger charge is 2.60. The molecule has 3 nitrogen and oxygen atoms in total. The maximum Gasteiger partial charge on any atom is 0.328 e. The number of hydrogen-bond acceptors (Lipinski definition) is 2. The van der Waals surface area contributed by atoms with Gasteiger partial charge in [0.1, 0.15) is 0 Å². The predicted molar refractivity (Wildman–Crippen MR) is 118 cm³/mol. The summed E-state index contributed by atoms with van der Waals surface area (Å²) >= 11 is 0. The topological polar surface area (TPSA) is 46.5 Å². The SMILES string of the molecule is COC[C@H]1[C@@H](C=CC(C)=CC(=O)O)[C@]1(C)c1ccc2c(c1)C(C)(C)CCC2(C)C. The quantitative estimate of drug-likeness (QED) is 0.490. The fourth-order valence-corrected chi connectivity index (χ4v) is 5.26. The van der Waals surface area contributed by atoms with Crippen molar-refractivity contribution < 1.29 is 14.6 Å². The summed E-state index contributed by atoms with van der Waals surface area (Å²) in [4.78, 5) is 10.9. The third-order valence-electron chi connectivity index (χ3n) is 7.53. The Morgan fingerprint density at radius 2 is 1.76 bits per heavy atom. The highest BCUT2D eigenvalue weighted by Crippen LogP contribution is 2.61. The molecule has 1 saturated carbocycles.